The number of carboxylic acids is 1. The fourth-order valence-corrected chi connectivity index (χ4v) is 1.95. The molecule has 0 saturated heterocycles. The highest BCUT2D eigenvalue weighted by molar-refractivity contribution is 5.83. The molecule has 0 bridgehead atoms. The van der Waals surface area contributed by atoms with E-state index in [2.05, 4.69) is 5.32 Å². The average Bonchev–Trinajstić information content (AvgIpc) is 3.04. The first-order valence-corrected chi connectivity index (χ1v) is 6.40. The quantitative estimate of drug-likeness (QED) is 0.807. The minimum atomic E-state index is -0.997. The topological polar surface area (TPSA) is 69.6 Å². The fraction of sp³-hybridized carbons (Fsp3) is 0.846. The number of aliphatic carboxylic acids is 1. The van der Waals surface area contributed by atoms with Gasteiger partial charge in [-0.2, -0.15) is 0 Å². The second kappa shape index (κ2) is 5.16. The molecule has 1 aliphatic carbocycles. The van der Waals surface area contributed by atoms with E-state index >= 15 is 0 Å². The smallest absolute Gasteiger partial charge is 0.326 e. The molecule has 5 heteroatoms. The third kappa shape index (κ3) is 3.62. The first kappa shape index (κ1) is 14.8. The number of rotatable bonds is 4. The summed E-state index contributed by atoms with van der Waals surface area (Å²) in [5, 5.41) is 11.8. The Morgan fingerprint density at radius 2 is 1.83 bits per heavy atom. The van der Waals surface area contributed by atoms with Crippen LogP contribution in [0.5, 0.6) is 0 Å². The molecular weight excluding hydrogens is 232 g/mol. The normalized spacial score (nSPS) is 18.9. The molecule has 0 radical (unpaired) electrons. The molecule has 0 spiro atoms. The molecule has 2 atom stereocenters. The number of carbonyl (C=O) groups excluding carboxylic acids is 1. The molecule has 0 aromatic heterocycles. The van der Waals surface area contributed by atoms with Crippen molar-refractivity contribution < 1.29 is 14.7 Å². The van der Waals surface area contributed by atoms with Gasteiger partial charge in [-0.1, -0.05) is 20.8 Å². The van der Waals surface area contributed by atoms with Gasteiger partial charge in [-0.3, -0.25) is 0 Å². The number of hydrogen-bond donors (Lipinski definition) is 2. The molecule has 2 N–H and O–H groups in total. The summed E-state index contributed by atoms with van der Waals surface area (Å²) < 4.78 is 0. The van der Waals surface area contributed by atoms with Crippen LogP contribution in [-0.2, 0) is 4.79 Å². The predicted molar refractivity (Wildman–Crippen MR) is 69.4 cm³/mol. The monoisotopic (exact) mass is 256 g/mol. The summed E-state index contributed by atoms with van der Waals surface area (Å²) in [6, 6.07) is -1.02. The first-order valence-electron chi connectivity index (χ1n) is 6.40. The van der Waals surface area contributed by atoms with Crippen LogP contribution in [0.25, 0.3) is 0 Å². The first-order chi connectivity index (χ1) is 8.14. The number of carboxylic acid groups (broad SMARTS) is 1. The summed E-state index contributed by atoms with van der Waals surface area (Å²) >= 11 is 0. The van der Waals surface area contributed by atoms with Crippen LogP contribution >= 0.6 is 0 Å². The van der Waals surface area contributed by atoms with Gasteiger partial charge < -0.3 is 15.3 Å². The molecular formula is C13H24N2O3. The van der Waals surface area contributed by atoms with Gasteiger partial charge in [-0.05, 0) is 31.1 Å². The third-order valence-corrected chi connectivity index (χ3v) is 3.62. The molecule has 1 unspecified atom stereocenters. The van der Waals surface area contributed by atoms with Gasteiger partial charge in [0.1, 0.15) is 6.04 Å². The second-order valence-electron chi connectivity index (χ2n) is 6.28. The van der Waals surface area contributed by atoms with Crippen LogP contribution in [0.3, 0.4) is 0 Å². The minimum Gasteiger partial charge on any atom is -0.480 e. The predicted octanol–water partition coefficient (Wildman–Crippen LogP) is 1.93. The molecule has 2 amide bonds. The Balaban J connectivity index is 2.63. The van der Waals surface area contributed by atoms with E-state index in [1.807, 2.05) is 6.92 Å². The lowest BCUT2D eigenvalue weighted by Gasteiger charge is -2.32. The number of nitrogens with one attached hydrogen (secondary N) is 1. The maximum atomic E-state index is 12.0. The van der Waals surface area contributed by atoms with E-state index in [1.165, 1.54) is 0 Å². The maximum Gasteiger partial charge on any atom is 0.326 e. The Morgan fingerprint density at radius 3 is 2.17 bits per heavy atom. The molecule has 0 aromatic rings. The summed E-state index contributed by atoms with van der Waals surface area (Å²) in [4.78, 5) is 24.8. The minimum absolute atomic E-state index is 0.166. The Labute approximate surface area is 109 Å². The van der Waals surface area contributed by atoms with E-state index in [1.54, 1.807) is 32.7 Å². The molecule has 0 heterocycles. The van der Waals surface area contributed by atoms with Gasteiger partial charge in [0.2, 0.25) is 0 Å². The van der Waals surface area contributed by atoms with Crippen LogP contribution in [0.15, 0.2) is 0 Å². The highest BCUT2D eigenvalue weighted by Gasteiger charge is 2.36. The van der Waals surface area contributed by atoms with E-state index in [0.29, 0.717) is 5.92 Å². The zero-order valence-corrected chi connectivity index (χ0v) is 11.9. The van der Waals surface area contributed by atoms with Crippen molar-refractivity contribution >= 4 is 12.0 Å². The zero-order chi connectivity index (χ0) is 14.1. The number of urea groups is 1. The van der Waals surface area contributed by atoms with Gasteiger partial charge in [-0.25, -0.2) is 9.59 Å². The van der Waals surface area contributed by atoms with E-state index in [0.717, 1.165) is 12.8 Å². The molecule has 0 aromatic carbocycles. The molecule has 1 fully saturated rings. The molecule has 0 aliphatic heterocycles. The lowest BCUT2D eigenvalue weighted by atomic mass is 9.87. The van der Waals surface area contributed by atoms with Crippen molar-refractivity contribution in [1.82, 2.24) is 10.2 Å². The van der Waals surface area contributed by atoms with Crippen molar-refractivity contribution in [1.29, 1.82) is 0 Å². The van der Waals surface area contributed by atoms with E-state index in [-0.39, 0.29) is 12.1 Å². The van der Waals surface area contributed by atoms with E-state index in [4.69, 9.17) is 5.11 Å². The Bertz CT molecular complexity index is 332. The molecule has 104 valence electrons. The van der Waals surface area contributed by atoms with Crippen LogP contribution in [0.2, 0.25) is 0 Å². The van der Waals surface area contributed by atoms with Gasteiger partial charge in [0.25, 0.3) is 0 Å². The molecule has 5 nitrogen and oxygen atoms in total. The lowest BCUT2D eigenvalue weighted by Crippen LogP contribution is -2.54. The van der Waals surface area contributed by atoms with E-state index < -0.39 is 17.4 Å². The highest BCUT2D eigenvalue weighted by atomic mass is 16.4. The van der Waals surface area contributed by atoms with Crippen LogP contribution in [0, 0.1) is 11.3 Å². The van der Waals surface area contributed by atoms with Crippen molar-refractivity contribution in [3.63, 3.8) is 0 Å². The fourth-order valence-electron chi connectivity index (χ4n) is 1.95. The van der Waals surface area contributed by atoms with Crippen molar-refractivity contribution in [3.8, 4) is 0 Å². The van der Waals surface area contributed by atoms with Crippen LogP contribution in [0.1, 0.15) is 40.5 Å². The number of carbonyl (C=O) groups is 2. The summed E-state index contributed by atoms with van der Waals surface area (Å²) in [6.07, 6.45) is 2.31. The van der Waals surface area contributed by atoms with Crippen molar-refractivity contribution in [3.05, 3.63) is 0 Å². The third-order valence-electron chi connectivity index (χ3n) is 3.62. The highest BCUT2D eigenvalue weighted by Crippen LogP contribution is 2.34. The van der Waals surface area contributed by atoms with Gasteiger partial charge in [0.05, 0.1) is 0 Å². The average molecular weight is 256 g/mol. The van der Waals surface area contributed by atoms with Crippen molar-refractivity contribution in [2.24, 2.45) is 11.3 Å². The number of hydrogen-bond acceptors (Lipinski definition) is 2. The van der Waals surface area contributed by atoms with E-state index in [9.17, 15) is 9.59 Å². The van der Waals surface area contributed by atoms with Crippen LogP contribution in [0.4, 0.5) is 4.79 Å². The maximum absolute atomic E-state index is 12.0. The lowest BCUT2D eigenvalue weighted by molar-refractivity contribution is -0.142. The standard InChI is InChI=1S/C13H24N2O3/c1-8(9-6-7-9)15(5)12(18)14-10(11(16)17)13(2,3)4/h8-10H,6-7H2,1-5H3,(H,14,18)(H,16,17)/t8?,10-/m1/s1. The van der Waals surface area contributed by atoms with Crippen molar-refractivity contribution in [2.75, 3.05) is 7.05 Å². The SMILES string of the molecule is CC(C1CC1)N(C)C(=O)N[C@H](C(=O)O)C(C)(C)C. The summed E-state index contributed by atoms with van der Waals surface area (Å²) in [5.41, 5.74) is -0.509. The van der Waals surface area contributed by atoms with Crippen LogP contribution in [-0.4, -0.2) is 41.1 Å². The zero-order valence-electron chi connectivity index (χ0n) is 11.9. The summed E-state index contributed by atoms with van der Waals surface area (Å²) in [6.45, 7) is 7.41. The van der Waals surface area contributed by atoms with Crippen LogP contribution < -0.4 is 5.32 Å². The Hall–Kier alpha value is -1.26. The number of nitrogens with zero attached hydrogens (tertiary/aromatic N) is 1. The van der Waals surface area contributed by atoms with Gasteiger partial charge >= 0.3 is 12.0 Å². The molecule has 1 saturated carbocycles. The Kier molecular flexibility index (Phi) is 4.24. The largest absolute Gasteiger partial charge is 0.480 e. The Morgan fingerprint density at radius 1 is 1.33 bits per heavy atom. The van der Waals surface area contributed by atoms with Gasteiger partial charge in [0.15, 0.2) is 0 Å². The van der Waals surface area contributed by atoms with Gasteiger partial charge in [-0.15, -0.1) is 0 Å². The summed E-state index contributed by atoms with van der Waals surface area (Å²) in [5.74, 6) is -0.429. The number of amides is 2. The summed E-state index contributed by atoms with van der Waals surface area (Å²) in [7, 11) is 1.72. The molecule has 18 heavy (non-hydrogen) atoms. The molecule has 1 aliphatic rings. The molecule has 1 rings (SSSR count). The van der Waals surface area contributed by atoms with Gasteiger partial charge in [0, 0.05) is 13.1 Å². The second-order valence-corrected chi connectivity index (χ2v) is 6.28. The van der Waals surface area contributed by atoms with Crippen molar-refractivity contribution in [2.45, 2.75) is 52.6 Å².